The molecule has 0 spiro atoms. The zero-order valence-corrected chi connectivity index (χ0v) is 20.0. The quantitative estimate of drug-likeness (QED) is 0.424. The fraction of sp³-hybridized carbons (Fsp3) is 0.348. The number of hydrogen-bond acceptors (Lipinski definition) is 6. The zero-order chi connectivity index (χ0) is 22.6. The molecule has 2 atom stereocenters. The van der Waals surface area contributed by atoms with Gasteiger partial charge in [0.25, 0.3) is 0 Å². The van der Waals surface area contributed by atoms with Gasteiger partial charge < -0.3 is 10.4 Å². The summed E-state index contributed by atoms with van der Waals surface area (Å²) in [5, 5.41) is 12.0. The van der Waals surface area contributed by atoms with E-state index in [-0.39, 0.29) is 16.8 Å². The molecular weight excluding hydrogens is 450 g/mol. The summed E-state index contributed by atoms with van der Waals surface area (Å²) in [7, 11) is 0. The van der Waals surface area contributed by atoms with E-state index in [0.29, 0.717) is 17.1 Å². The van der Waals surface area contributed by atoms with Crippen molar-refractivity contribution in [3.63, 3.8) is 0 Å². The van der Waals surface area contributed by atoms with Crippen molar-refractivity contribution >= 4 is 52.3 Å². The summed E-state index contributed by atoms with van der Waals surface area (Å²) in [6.45, 7) is 3.80. The maximum atomic E-state index is 12.4. The Morgan fingerprint density at radius 1 is 1.00 bits per heavy atom. The standard InChI is InChI=1S/C23H27NO4S3/c1-3-30-19-11-9-17(10-12-19)14-29-15-20(22(26)27)24-21(25)16(2)13-31-23(28)18-7-5-4-6-8-18/h4-12,16,20H,3,13-15H2,1-2H3,(H,24,25)(H,26,27)/t16-,20+/m1/s1. The third-order valence-corrected chi connectivity index (χ3v) is 7.49. The molecule has 0 aromatic heterocycles. The lowest BCUT2D eigenvalue weighted by atomic mass is 10.2. The molecule has 0 saturated heterocycles. The van der Waals surface area contributed by atoms with Gasteiger partial charge in [0.05, 0.1) is 0 Å². The molecule has 166 valence electrons. The molecule has 2 aromatic rings. The molecule has 1 amide bonds. The summed E-state index contributed by atoms with van der Waals surface area (Å²) in [6.07, 6.45) is 0. The highest BCUT2D eigenvalue weighted by Gasteiger charge is 2.23. The number of nitrogens with one attached hydrogen (secondary N) is 1. The SMILES string of the molecule is CCSc1ccc(CSC[C@H](NC(=O)[C@H](C)CSC(=O)c2ccccc2)C(=O)O)cc1. The number of hydrogen-bond donors (Lipinski definition) is 2. The van der Waals surface area contributed by atoms with Crippen LogP contribution in [0.25, 0.3) is 0 Å². The summed E-state index contributed by atoms with van der Waals surface area (Å²) >= 11 is 4.31. The van der Waals surface area contributed by atoms with Crippen LogP contribution in [-0.4, -0.2) is 45.4 Å². The Kier molecular flexibility index (Phi) is 11.0. The van der Waals surface area contributed by atoms with Crippen molar-refractivity contribution in [2.75, 3.05) is 17.3 Å². The predicted octanol–water partition coefficient (Wildman–Crippen LogP) is 4.81. The summed E-state index contributed by atoms with van der Waals surface area (Å²) in [6, 6.07) is 16.1. The van der Waals surface area contributed by atoms with Gasteiger partial charge in [0, 0.05) is 33.6 Å². The van der Waals surface area contributed by atoms with Gasteiger partial charge in [0.2, 0.25) is 11.0 Å². The summed E-state index contributed by atoms with van der Waals surface area (Å²) in [4.78, 5) is 37.4. The number of aliphatic carboxylic acids is 1. The Morgan fingerprint density at radius 2 is 1.68 bits per heavy atom. The molecular formula is C23H27NO4S3. The van der Waals surface area contributed by atoms with Crippen LogP contribution >= 0.6 is 35.3 Å². The molecule has 0 heterocycles. The number of carbonyl (C=O) groups excluding carboxylic acids is 2. The molecule has 8 heteroatoms. The Labute approximate surface area is 196 Å². The second-order valence-corrected chi connectivity index (χ2v) is 10.2. The Balaban J connectivity index is 1.78. The highest BCUT2D eigenvalue weighted by Crippen LogP contribution is 2.21. The molecule has 2 N–H and O–H groups in total. The number of rotatable bonds is 12. The minimum atomic E-state index is -1.06. The molecule has 0 saturated carbocycles. The van der Waals surface area contributed by atoms with E-state index in [0.717, 1.165) is 23.1 Å². The van der Waals surface area contributed by atoms with E-state index < -0.39 is 17.9 Å². The van der Waals surface area contributed by atoms with Gasteiger partial charge in [-0.1, -0.05) is 68.1 Å². The van der Waals surface area contributed by atoms with Gasteiger partial charge >= 0.3 is 5.97 Å². The maximum absolute atomic E-state index is 12.4. The largest absolute Gasteiger partial charge is 0.480 e. The molecule has 2 rings (SSSR count). The van der Waals surface area contributed by atoms with Crippen molar-refractivity contribution in [1.29, 1.82) is 0 Å². The molecule has 0 aliphatic rings. The van der Waals surface area contributed by atoms with E-state index in [1.807, 2.05) is 18.2 Å². The summed E-state index contributed by atoms with van der Waals surface area (Å²) in [5.41, 5.74) is 1.70. The van der Waals surface area contributed by atoms with Crippen molar-refractivity contribution in [3.8, 4) is 0 Å². The number of carbonyl (C=O) groups is 3. The first-order chi connectivity index (χ1) is 14.9. The number of thioether (sulfide) groups is 3. The van der Waals surface area contributed by atoms with Crippen LogP contribution in [0.1, 0.15) is 29.8 Å². The topological polar surface area (TPSA) is 83.5 Å². The normalized spacial score (nSPS) is 12.7. The van der Waals surface area contributed by atoms with E-state index in [1.165, 1.54) is 16.7 Å². The van der Waals surface area contributed by atoms with Crippen molar-refractivity contribution in [3.05, 3.63) is 65.7 Å². The molecule has 2 aromatic carbocycles. The van der Waals surface area contributed by atoms with Gasteiger partial charge in [-0.25, -0.2) is 4.79 Å². The van der Waals surface area contributed by atoms with Crippen molar-refractivity contribution in [1.82, 2.24) is 5.32 Å². The van der Waals surface area contributed by atoms with Gasteiger partial charge in [0.1, 0.15) is 6.04 Å². The lowest BCUT2D eigenvalue weighted by Gasteiger charge is -2.17. The van der Waals surface area contributed by atoms with E-state index in [9.17, 15) is 19.5 Å². The van der Waals surface area contributed by atoms with Crippen LogP contribution in [-0.2, 0) is 15.3 Å². The molecule has 0 bridgehead atoms. The van der Waals surface area contributed by atoms with Gasteiger partial charge in [-0.2, -0.15) is 11.8 Å². The Bertz CT molecular complexity index is 859. The van der Waals surface area contributed by atoms with Crippen molar-refractivity contribution < 1.29 is 19.5 Å². The summed E-state index contributed by atoms with van der Waals surface area (Å²) < 4.78 is 0. The molecule has 0 aliphatic carbocycles. The van der Waals surface area contributed by atoms with Crippen LogP contribution in [0, 0.1) is 5.92 Å². The fourth-order valence-corrected chi connectivity index (χ4v) is 5.09. The lowest BCUT2D eigenvalue weighted by Crippen LogP contribution is -2.45. The summed E-state index contributed by atoms with van der Waals surface area (Å²) in [5.74, 6) is 0.363. The van der Waals surface area contributed by atoms with Gasteiger partial charge in [-0.05, 0) is 23.4 Å². The minimum absolute atomic E-state index is 0.103. The average molecular weight is 478 g/mol. The molecule has 5 nitrogen and oxygen atoms in total. The first kappa shape index (κ1) is 25.4. The molecule has 0 aliphatic heterocycles. The fourth-order valence-electron chi connectivity index (χ4n) is 2.57. The van der Waals surface area contributed by atoms with E-state index in [4.69, 9.17) is 0 Å². The van der Waals surface area contributed by atoms with Crippen molar-refractivity contribution in [2.45, 2.75) is 30.5 Å². The second-order valence-electron chi connectivity index (χ2n) is 6.86. The zero-order valence-electron chi connectivity index (χ0n) is 17.6. The molecule has 0 radical (unpaired) electrons. The van der Waals surface area contributed by atoms with E-state index in [1.54, 1.807) is 43.0 Å². The number of benzene rings is 2. The number of carboxylic acid groups (broad SMARTS) is 1. The third-order valence-electron chi connectivity index (χ3n) is 4.32. The van der Waals surface area contributed by atoms with Crippen LogP contribution in [0.15, 0.2) is 59.5 Å². The molecule has 31 heavy (non-hydrogen) atoms. The first-order valence-electron chi connectivity index (χ1n) is 9.95. The van der Waals surface area contributed by atoms with Crippen LogP contribution < -0.4 is 5.32 Å². The van der Waals surface area contributed by atoms with E-state index >= 15 is 0 Å². The smallest absolute Gasteiger partial charge is 0.327 e. The lowest BCUT2D eigenvalue weighted by molar-refractivity contribution is -0.141. The van der Waals surface area contributed by atoms with Gasteiger partial charge in [-0.3, -0.25) is 9.59 Å². The minimum Gasteiger partial charge on any atom is -0.480 e. The van der Waals surface area contributed by atoms with Gasteiger partial charge in [-0.15, -0.1) is 11.8 Å². The first-order valence-corrected chi connectivity index (χ1v) is 13.1. The monoisotopic (exact) mass is 477 g/mol. The Morgan fingerprint density at radius 3 is 2.29 bits per heavy atom. The Hall–Kier alpha value is -1.90. The highest BCUT2D eigenvalue weighted by molar-refractivity contribution is 8.14. The van der Waals surface area contributed by atoms with Crippen LogP contribution in [0.3, 0.4) is 0 Å². The molecule has 0 unspecified atom stereocenters. The van der Waals surface area contributed by atoms with Crippen molar-refractivity contribution in [2.24, 2.45) is 5.92 Å². The maximum Gasteiger partial charge on any atom is 0.327 e. The van der Waals surface area contributed by atoms with Crippen LogP contribution in [0.5, 0.6) is 0 Å². The number of carboxylic acids is 1. The average Bonchev–Trinajstić information content (AvgIpc) is 2.78. The van der Waals surface area contributed by atoms with Crippen LogP contribution in [0.4, 0.5) is 0 Å². The third kappa shape index (κ3) is 9.01. The van der Waals surface area contributed by atoms with Gasteiger partial charge in [0.15, 0.2) is 0 Å². The molecule has 0 fully saturated rings. The predicted molar refractivity (Wildman–Crippen MR) is 131 cm³/mol. The van der Waals surface area contributed by atoms with E-state index in [2.05, 4.69) is 24.4 Å². The second kappa shape index (κ2) is 13.5. The number of amides is 1. The van der Waals surface area contributed by atoms with Crippen LogP contribution in [0.2, 0.25) is 0 Å². The highest BCUT2D eigenvalue weighted by atomic mass is 32.2.